The van der Waals surface area contributed by atoms with Crippen LogP contribution < -0.4 is 5.43 Å². The summed E-state index contributed by atoms with van der Waals surface area (Å²) in [5, 5.41) is 11.9. The van der Waals surface area contributed by atoms with Crippen molar-refractivity contribution in [3.8, 4) is 0 Å². The van der Waals surface area contributed by atoms with E-state index < -0.39 is 6.10 Å². The Labute approximate surface area is 195 Å². The van der Waals surface area contributed by atoms with Crippen LogP contribution in [-0.4, -0.2) is 35.1 Å². The first-order valence-corrected chi connectivity index (χ1v) is 12.3. The zero-order valence-corrected chi connectivity index (χ0v) is 20.2. The van der Waals surface area contributed by atoms with Gasteiger partial charge in [-0.25, -0.2) is 4.79 Å². The third-order valence-corrected chi connectivity index (χ3v) is 6.25. The van der Waals surface area contributed by atoms with Crippen LogP contribution in [0.2, 0.25) is 0 Å². The second kappa shape index (κ2) is 13.9. The van der Waals surface area contributed by atoms with E-state index in [1.165, 1.54) is 18.3 Å². The SMILES string of the molecule is CCCCCC(O)c1ccc(NN(CCCc2ccc(C(=O)OCCC)s2)C(C)=O)cc1. The molecule has 2 rings (SSSR count). The first kappa shape index (κ1) is 25.9. The molecule has 0 saturated heterocycles. The van der Waals surface area contributed by atoms with Crippen molar-refractivity contribution in [1.29, 1.82) is 0 Å². The molecular formula is C25H36N2O4S. The second-order valence-corrected chi connectivity index (χ2v) is 9.09. The summed E-state index contributed by atoms with van der Waals surface area (Å²) in [7, 11) is 0. The monoisotopic (exact) mass is 460 g/mol. The number of benzene rings is 1. The van der Waals surface area contributed by atoms with Gasteiger partial charge >= 0.3 is 5.97 Å². The van der Waals surface area contributed by atoms with Gasteiger partial charge in [0.1, 0.15) is 4.88 Å². The van der Waals surface area contributed by atoms with Gasteiger partial charge in [-0.3, -0.25) is 15.2 Å². The fourth-order valence-electron chi connectivity index (χ4n) is 3.28. The van der Waals surface area contributed by atoms with Gasteiger partial charge in [0.15, 0.2) is 0 Å². The molecule has 0 saturated carbocycles. The normalized spacial score (nSPS) is 11.8. The molecule has 2 N–H and O–H groups in total. The molecule has 1 heterocycles. The molecule has 2 aromatic rings. The number of esters is 1. The average molecular weight is 461 g/mol. The van der Waals surface area contributed by atoms with E-state index >= 15 is 0 Å². The number of hydrogen-bond donors (Lipinski definition) is 2. The molecule has 0 radical (unpaired) electrons. The van der Waals surface area contributed by atoms with Gasteiger partial charge in [0.2, 0.25) is 5.91 Å². The van der Waals surface area contributed by atoms with Crippen molar-refractivity contribution >= 4 is 28.9 Å². The van der Waals surface area contributed by atoms with Crippen molar-refractivity contribution in [1.82, 2.24) is 5.01 Å². The van der Waals surface area contributed by atoms with E-state index in [1.807, 2.05) is 37.3 Å². The number of unbranched alkanes of at least 4 members (excludes halogenated alkanes) is 2. The number of thiophene rings is 1. The smallest absolute Gasteiger partial charge is 0.348 e. The summed E-state index contributed by atoms with van der Waals surface area (Å²) < 4.78 is 5.17. The number of rotatable bonds is 14. The quantitative estimate of drug-likeness (QED) is 0.214. The largest absolute Gasteiger partial charge is 0.462 e. The third kappa shape index (κ3) is 8.63. The van der Waals surface area contributed by atoms with Crippen molar-refractivity contribution < 1.29 is 19.4 Å². The second-order valence-electron chi connectivity index (χ2n) is 7.92. The van der Waals surface area contributed by atoms with Gasteiger partial charge in [-0.2, -0.15) is 0 Å². The number of nitrogens with one attached hydrogen (secondary N) is 1. The molecule has 0 aliphatic heterocycles. The lowest BCUT2D eigenvalue weighted by molar-refractivity contribution is -0.127. The van der Waals surface area contributed by atoms with Crippen molar-refractivity contribution in [2.75, 3.05) is 18.6 Å². The van der Waals surface area contributed by atoms with Gasteiger partial charge in [0, 0.05) is 18.3 Å². The number of carbonyl (C=O) groups excluding carboxylic acids is 2. The Bertz CT molecular complexity index is 835. The summed E-state index contributed by atoms with van der Waals surface area (Å²) in [5.41, 5.74) is 4.86. The summed E-state index contributed by atoms with van der Waals surface area (Å²) in [5.74, 6) is -0.335. The van der Waals surface area contributed by atoms with Crippen LogP contribution in [0.25, 0.3) is 0 Å². The van der Waals surface area contributed by atoms with E-state index in [-0.39, 0.29) is 11.9 Å². The number of nitrogens with zero attached hydrogens (tertiary/aromatic N) is 1. The van der Waals surface area contributed by atoms with Gasteiger partial charge in [-0.05, 0) is 55.5 Å². The molecule has 176 valence electrons. The van der Waals surface area contributed by atoms with Crippen LogP contribution in [0.5, 0.6) is 0 Å². The van der Waals surface area contributed by atoms with Crippen LogP contribution in [-0.2, 0) is 16.0 Å². The summed E-state index contributed by atoms with van der Waals surface area (Å²) in [6, 6.07) is 11.3. The van der Waals surface area contributed by atoms with Gasteiger partial charge in [0.25, 0.3) is 0 Å². The third-order valence-electron chi connectivity index (χ3n) is 5.13. The first-order valence-electron chi connectivity index (χ1n) is 11.5. The first-order chi connectivity index (χ1) is 15.4. The Balaban J connectivity index is 1.83. The lowest BCUT2D eigenvalue weighted by Gasteiger charge is -2.23. The van der Waals surface area contributed by atoms with Crippen LogP contribution in [0.1, 0.15) is 85.5 Å². The maximum absolute atomic E-state index is 12.1. The maximum atomic E-state index is 12.1. The summed E-state index contributed by atoms with van der Waals surface area (Å²) in [6.07, 6.45) is 5.94. The summed E-state index contributed by atoms with van der Waals surface area (Å²) >= 11 is 1.44. The maximum Gasteiger partial charge on any atom is 0.348 e. The summed E-state index contributed by atoms with van der Waals surface area (Å²) in [6.45, 7) is 6.63. The van der Waals surface area contributed by atoms with Crippen molar-refractivity contribution in [3.05, 3.63) is 51.7 Å². The van der Waals surface area contributed by atoms with Crippen LogP contribution in [0, 0.1) is 0 Å². The van der Waals surface area contributed by atoms with Gasteiger partial charge in [-0.15, -0.1) is 11.3 Å². The standard InChI is InChI=1S/C25H36N2O4S/c1-4-6-7-10-23(29)20-11-13-21(14-12-20)26-27(19(3)28)17-8-9-22-15-16-24(32-22)25(30)31-18-5-2/h11-16,23,26,29H,4-10,17-18H2,1-3H3. The highest BCUT2D eigenvalue weighted by atomic mass is 32.1. The van der Waals surface area contributed by atoms with Crippen LogP contribution >= 0.6 is 11.3 Å². The minimum atomic E-state index is -0.450. The molecule has 1 aromatic heterocycles. The number of carbonyl (C=O) groups is 2. The minimum absolute atomic E-state index is 0.0660. The number of aryl methyl sites for hydroxylation is 1. The fraction of sp³-hybridized carbons (Fsp3) is 0.520. The number of hydrogen-bond acceptors (Lipinski definition) is 6. The molecule has 32 heavy (non-hydrogen) atoms. The Morgan fingerprint density at radius 2 is 1.81 bits per heavy atom. The average Bonchev–Trinajstić information content (AvgIpc) is 3.26. The lowest BCUT2D eigenvalue weighted by Crippen LogP contribution is -2.35. The highest BCUT2D eigenvalue weighted by Crippen LogP contribution is 2.22. The van der Waals surface area contributed by atoms with E-state index in [4.69, 9.17) is 4.74 Å². The Hall–Kier alpha value is -2.38. The van der Waals surface area contributed by atoms with E-state index in [0.29, 0.717) is 18.0 Å². The van der Waals surface area contributed by atoms with Crippen molar-refractivity contribution in [2.24, 2.45) is 0 Å². The Morgan fingerprint density at radius 1 is 1.06 bits per heavy atom. The number of aliphatic hydroxyl groups is 1. The molecule has 1 atom stereocenters. The number of aliphatic hydroxyl groups excluding tert-OH is 1. The predicted molar refractivity (Wildman–Crippen MR) is 130 cm³/mol. The number of anilines is 1. The van der Waals surface area contributed by atoms with Crippen LogP contribution in [0.3, 0.4) is 0 Å². The molecule has 0 spiro atoms. The van der Waals surface area contributed by atoms with Gasteiger partial charge in [-0.1, -0.05) is 45.2 Å². The molecule has 6 nitrogen and oxygen atoms in total. The summed E-state index contributed by atoms with van der Waals surface area (Å²) in [4.78, 5) is 25.7. The van der Waals surface area contributed by atoms with Crippen LogP contribution in [0.4, 0.5) is 5.69 Å². The number of hydrazine groups is 1. The number of ether oxygens (including phenoxy) is 1. The van der Waals surface area contributed by atoms with E-state index in [9.17, 15) is 14.7 Å². The molecule has 0 aliphatic carbocycles. The molecule has 7 heteroatoms. The van der Waals surface area contributed by atoms with Gasteiger partial charge < -0.3 is 9.84 Å². The zero-order chi connectivity index (χ0) is 23.3. The minimum Gasteiger partial charge on any atom is -0.462 e. The fourth-order valence-corrected chi connectivity index (χ4v) is 4.22. The molecule has 1 amide bonds. The van der Waals surface area contributed by atoms with E-state index in [0.717, 1.165) is 61.1 Å². The molecule has 1 aromatic carbocycles. The molecular weight excluding hydrogens is 424 g/mol. The predicted octanol–water partition coefficient (Wildman–Crippen LogP) is 5.74. The number of amides is 1. The molecule has 0 fully saturated rings. The van der Waals surface area contributed by atoms with Crippen molar-refractivity contribution in [2.45, 2.75) is 71.8 Å². The highest BCUT2D eigenvalue weighted by Gasteiger charge is 2.13. The van der Waals surface area contributed by atoms with Crippen LogP contribution in [0.15, 0.2) is 36.4 Å². The topological polar surface area (TPSA) is 78.9 Å². The molecule has 0 aliphatic rings. The zero-order valence-electron chi connectivity index (χ0n) is 19.4. The Kier molecular flexibility index (Phi) is 11.2. The Morgan fingerprint density at radius 3 is 2.47 bits per heavy atom. The lowest BCUT2D eigenvalue weighted by atomic mass is 10.0. The molecule has 1 unspecified atom stereocenters. The van der Waals surface area contributed by atoms with Crippen molar-refractivity contribution in [3.63, 3.8) is 0 Å². The van der Waals surface area contributed by atoms with Gasteiger partial charge in [0.05, 0.1) is 18.4 Å². The highest BCUT2D eigenvalue weighted by molar-refractivity contribution is 7.13. The van der Waals surface area contributed by atoms with E-state index in [1.54, 1.807) is 11.1 Å². The van der Waals surface area contributed by atoms with E-state index in [2.05, 4.69) is 12.3 Å². The molecule has 0 bridgehead atoms.